The average molecular weight is 217 g/mol. The number of hydrogen-bond acceptors (Lipinski definition) is 4. The molecule has 84 valence electrons. The second-order valence-electron chi connectivity index (χ2n) is 3.75. The van der Waals surface area contributed by atoms with E-state index < -0.39 is 0 Å². The predicted molar refractivity (Wildman–Crippen MR) is 64.0 cm³/mol. The van der Waals surface area contributed by atoms with Crippen LogP contribution in [0.25, 0.3) is 0 Å². The number of aliphatic imine (C=N–C) groups is 1. The molecule has 1 heterocycles. The number of rotatable bonds is 3. The molecule has 0 saturated carbocycles. The molecule has 2 rings (SSSR count). The molecule has 0 saturated heterocycles. The first-order valence-electron chi connectivity index (χ1n) is 5.41. The summed E-state index contributed by atoms with van der Waals surface area (Å²) in [5.41, 5.74) is 1.24. The summed E-state index contributed by atoms with van der Waals surface area (Å²) < 4.78 is 0. The van der Waals surface area contributed by atoms with Crippen LogP contribution in [-0.4, -0.2) is 35.2 Å². The maximum Gasteiger partial charge on any atom is 0.146 e. The first-order valence-corrected chi connectivity index (χ1v) is 5.41. The van der Waals surface area contributed by atoms with Crippen molar-refractivity contribution in [3.8, 4) is 0 Å². The lowest BCUT2D eigenvalue weighted by Gasteiger charge is -2.27. The third-order valence-electron chi connectivity index (χ3n) is 2.57. The van der Waals surface area contributed by atoms with E-state index in [4.69, 9.17) is 5.21 Å². The van der Waals surface area contributed by atoms with Gasteiger partial charge in [0.25, 0.3) is 0 Å². The first kappa shape index (κ1) is 10.7. The fourth-order valence-corrected chi connectivity index (χ4v) is 1.81. The van der Waals surface area contributed by atoms with Gasteiger partial charge in [-0.05, 0) is 12.0 Å². The summed E-state index contributed by atoms with van der Waals surface area (Å²) in [5.74, 6) is 0.762. The van der Waals surface area contributed by atoms with E-state index in [2.05, 4.69) is 27.2 Å². The van der Waals surface area contributed by atoms with Crippen LogP contribution in [0.1, 0.15) is 12.0 Å². The maximum absolute atomic E-state index is 8.56. The lowest BCUT2D eigenvalue weighted by Crippen LogP contribution is -2.36. The fourth-order valence-electron chi connectivity index (χ4n) is 1.81. The molecule has 1 aliphatic heterocycles. The molecule has 0 unspecified atom stereocenters. The summed E-state index contributed by atoms with van der Waals surface area (Å²) in [5, 5.41) is 11.6. The highest BCUT2D eigenvalue weighted by atomic mass is 16.4. The molecule has 0 spiro atoms. The largest absolute Gasteiger partial charge is 0.411 e. The number of nitrogens with zero attached hydrogens (tertiary/aromatic N) is 3. The second kappa shape index (κ2) is 5.30. The molecule has 1 aliphatic rings. The molecule has 0 atom stereocenters. The van der Waals surface area contributed by atoms with Crippen molar-refractivity contribution in [1.82, 2.24) is 4.90 Å². The van der Waals surface area contributed by atoms with E-state index in [1.165, 1.54) is 11.8 Å². The normalized spacial score (nSPS) is 16.5. The molecule has 0 aliphatic carbocycles. The molecule has 1 aromatic carbocycles. The van der Waals surface area contributed by atoms with E-state index in [9.17, 15) is 0 Å². The van der Waals surface area contributed by atoms with Crippen LogP contribution in [0, 0.1) is 0 Å². The zero-order valence-corrected chi connectivity index (χ0v) is 9.08. The van der Waals surface area contributed by atoms with Crippen LogP contribution in [0.4, 0.5) is 0 Å². The summed E-state index contributed by atoms with van der Waals surface area (Å²) in [6.45, 7) is 2.58. The minimum Gasteiger partial charge on any atom is -0.411 e. The SMILES string of the molecule is O/N=C/C1=NCCCN1Cc1ccccc1. The van der Waals surface area contributed by atoms with E-state index in [0.717, 1.165) is 31.9 Å². The smallest absolute Gasteiger partial charge is 0.146 e. The topological polar surface area (TPSA) is 48.2 Å². The second-order valence-corrected chi connectivity index (χ2v) is 3.75. The van der Waals surface area contributed by atoms with Gasteiger partial charge in [0.2, 0.25) is 0 Å². The summed E-state index contributed by atoms with van der Waals surface area (Å²) in [7, 11) is 0. The molecular weight excluding hydrogens is 202 g/mol. The number of benzene rings is 1. The Morgan fingerprint density at radius 3 is 2.94 bits per heavy atom. The van der Waals surface area contributed by atoms with Crippen molar-refractivity contribution < 1.29 is 5.21 Å². The standard InChI is InChI=1S/C12H15N3O/c16-14-9-12-13-7-4-8-15(12)10-11-5-2-1-3-6-11/h1-3,5-6,9,16H,4,7-8,10H2/b14-9+. The minimum absolute atomic E-state index is 0.762. The number of oxime groups is 1. The lowest BCUT2D eigenvalue weighted by molar-refractivity contribution is 0.320. The van der Waals surface area contributed by atoms with Crippen LogP contribution < -0.4 is 0 Å². The maximum atomic E-state index is 8.56. The molecule has 4 nitrogen and oxygen atoms in total. The summed E-state index contributed by atoms with van der Waals surface area (Å²) in [6.07, 6.45) is 2.46. The monoisotopic (exact) mass is 217 g/mol. The van der Waals surface area contributed by atoms with Crippen molar-refractivity contribution in [3.63, 3.8) is 0 Å². The van der Waals surface area contributed by atoms with Gasteiger partial charge in [0.1, 0.15) is 12.1 Å². The van der Waals surface area contributed by atoms with Crippen molar-refractivity contribution in [2.75, 3.05) is 13.1 Å². The Bertz CT molecular complexity index is 387. The Labute approximate surface area is 94.9 Å². The van der Waals surface area contributed by atoms with Crippen molar-refractivity contribution >= 4 is 12.1 Å². The Morgan fingerprint density at radius 1 is 1.38 bits per heavy atom. The van der Waals surface area contributed by atoms with Crippen molar-refractivity contribution in [2.45, 2.75) is 13.0 Å². The molecule has 0 radical (unpaired) electrons. The Hall–Kier alpha value is -1.84. The minimum atomic E-state index is 0.762. The highest BCUT2D eigenvalue weighted by Gasteiger charge is 2.13. The van der Waals surface area contributed by atoms with E-state index >= 15 is 0 Å². The molecule has 0 fully saturated rings. The first-order chi connectivity index (χ1) is 7.90. The molecule has 1 aromatic rings. The Balaban J connectivity index is 2.08. The number of amidine groups is 1. The molecule has 0 aromatic heterocycles. The molecule has 1 N–H and O–H groups in total. The molecule has 0 bridgehead atoms. The van der Waals surface area contributed by atoms with E-state index in [1.807, 2.05) is 18.2 Å². The third kappa shape index (κ3) is 2.59. The van der Waals surface area contributed by atoms with Gasteiger partial charge in [0.15, 0.2) is 0 Å². The van der Waals surface area contributed by atoms with Crippen molar-refractivity contribution in [2.24, 2.45) is 10.1 Å². The van der Waals surface area contributed by atoms with Gasteiger partial charge in [0.05, 0.1) is 0 Å². The predicted octanol–water partition coefficient (Wildman–Crippen LogP) is 1.75. The van der Waals surface area contributed by atoms with Crippen LogP contribution in [0.15, 0.2) is 40.5 Å². The van der Waals surface area contributed by atoms with Gasteiger partial charge in [-0.15, -0.1) is 0 Å². The summed E-state index contributed by atoms with van der Waals surface area (Å²) in [4.78, 5) is 6.45. The Morgan fingerprint density at radius 2 is 2.19 bits per heavy atom. The quantitative estimate of drug-likeness (QED) is 0.476. The van der Waals surface area contributed by atoms with Gasteiger partial charge in [0, 0.05) is 19.6 Å². The van der Waals surface area contributed by atoms with Gasteiger partial charge in [-0.2, -0.15) is 0 Å². The third-order valence-corrected chi connectivity index (χ3v) is 2.57. The van der Waals surface area contributed by atoms with Crippen LogP contribution in [0.2, 0.25) is 0 Å². The summed E-state index contributed by atoms with van der Waals surface area (Å²) >= 11 is 0. The highest BCUT2D eigenvalue weighted by molar-refractivity contribution is 6.29. The van der Waals surface area contributed by atoms with Crippen molar-refractivity contribution in [1.29, 1.82) is 0 Å². The molecule has 0 amide bonds. The Kier molecular flexibility index (Phi) is 3.53. The van der Waals surface area contributed by atoms with Crippen LogP contribution >= 0.6 is 0 Å². The fraction of sp³-hybridized carbons (Fsp3) is 0.333. The van der Waals surface area contributed by atoms with Gasteiger partial charge in [-0.25, -0.2) is 0 Å². The van der Waals surface area contributed by atoms with Crippen molar-refractivity contribution in [3.05, 3.63) is 35.9 Å². The van der Waals surface area contributed by atoms with Crippen LogP contribution in [0.3, 0.4) is 0 Å². The van der Waals surface area contributed by atoms with Crippen LogP contribution in [0.5, 0.6) is 0 Å². The average Bonchev–Trinajstić information content (AvgIpc) is 2.33. The molecule has 4 heteroatoms. The van der Waals surface area contributed by atoms with E-state index in [-0.39, 0.29) is 0 Å². The molecular formula is C12H15N3O. The van der Waals surface area contributed by atoms with Gasteiger partial charge in [-0.1, -0.05) is 35.5 Å². The number of hydrogen-bond donors (Lipinski definition) is 1. The lowest BCUT2D eigenvalue weighted by atomic mass is 10.2. The summed E-state index contributed by atoms with van der Waals surface area (Å²) in [6, 6.07) is 10.2. The van der Waals surface area contributed by atoms with Gasteiger partial charge < -0.3 is 10.1 Å². The van der Waals surface area contributed by atoms with Gasteiger partial charge >= 0.3 is 0 Å². The van der Waals surface area contributed by atoms with E-state index in [1.54, 1.807) is 0 Å². The zero-order valence-electron chi connectivity index (χ0n) is 9.08. The van der Waals surface area contributed by atoms with Gasteiger partial charge in [-0.3, -0.25) is 4.99 Å². The highest BCUT2D eigenvalue weighted by Crippen LogP contribution is 2.08. The molecule has 16 heavy (non-hydrogen) atoms. The van der Waals surface area contributed by atoms with Crippen LogP contribution in [-0.2, 0) is 6.54 Å². The zero-order chi connectivity index (χ0) is 11.2. The van der Waals surface area contributed by atoms with E-state index in [0.29, 0.717) is 0 Å².